The van der Waals surface area contributed by atoms with Crippen LogP contribution in [-0.4, -0.2) is 33.2 Å². The maximum atomic E-state index is 11.8. The van der Waals surface area contributed by atoms with Crippen LogP contribution in [0.4, 0.5) is 0 Å². The van der Waals surface area contributed by atoms with E-state index in [1.54, 1.807) is 11.8 Å². The van der Waals surface area contributed by atoms with Crippen molar-refractivity contribution in [3.63, 3.8) is 0 Å². The van der Waals surface area contributed by atoms with Gasteiger partial charge in [-0.05, 0) is 11.6 Å². The number of aromatic nitrogens is 1. The molecule has 1 aromatic heterocycles. The Labute approximate surface area is 137 Å². The number of β-lactam (4-membered cyclic amide) rings is 1. The van der Waals surface area contributed by atoms with Crippen molar-refractivity contribution in [2.24, 2.45) is 5.73 Å². The molecule has 2 N–H and O–H groups in total. The second-order valence-electron chi connectivity index (χ2n) is 4.71. The van der Waals surface area contributed by atoms with Gasteiger partial charge in [0, 0.05) is 23.5 Å². The van der Waals surface area contributed by atoms with E-state index in [0.717, 1.165) is 5.57 Å². The van der Waals surface area contributed by atoms with Crippen molar-refractivity contribution in [1.82, 2.24) is 4.90 Å². The average Bonchev–Trinajstić information content (AvgIpc) is 2.46. The molecule has 1 aromatic rings. The van der Waals surface area contributed by atoms with Gasteiger partial charge in [-0.3, -0.25) is 14.5 Å². The second-order valence-corrected chi connectivity index (χ2v) is 6.16. The first-order chi connectivity index (χ1) is 9.59. The number of nitrogens with zero attached hydrogens (tertiary/aromatic N) is 2. The molecule has 3 heterocycles. The predicted octanol–water partition coefficient (Wildman–Crippen LogP) is 0.658. The van der Waals surface area contributed by atoms with Crippen LogP contribution in [-0.2, 0) is 16.1 Å². The number of carbonyl (C=O) groups excluding carboxylic acids is 2. The van der Waals surface area contributed by atoms with Crippen molar-refractivity contribution in [1.29, 1.82) is 0 Å². The lowest BCUT2D eigenvalue weighted by molar-refractivity contribution is -0.689. The molecule has 3 rings (SSSR count). The minimum absolute atomic E-state index is 0. The summed E-state index contributed by atoms with van der Waals surface area (Å²) in [5.74, 6) is 0.416. The van der Waals surface area contributed by atoms with Crippen molar-refractivity contribution in [3.8, 4) is 0 Å². The molecule has 8 heteroatoms. The largest absolute Gasteiger partial charge is 0.317 e. The molecule has 5 nitrogen and oxygen atoms in total. The topological polar surface area (TPSA) is 67.3 Å². The van der Waals surface area contributed by atoms with Gasteiger partial charge in [0.25, 0.3) is 5.24 Å². The summed E-state index contributed by atoms with van der Waals surface area (Å²) < 4.78 is 1.94. The van der Waals surface area contributed by atoms with Gasteiger partial charge in [-0.15, -0.1) is 24.2 Å². The molecule has 1 unspecified atom stereocenters. The molecule has 1 saturated heterocycles. The Bertz CT molecular complexity index is 609. The second kappa shape index (κ2) is 6.36. The van der Waals surface area contributed by atoms with Gasteiger partial charge in [0.2, 0.25) is 5.91 Å². The summed E-state index contributed by atoms with van der Waals surface area (Å²) >= 11 is 7.25. The Kier molecular flexibility index (Phi) is 4.93. The van der Waals surface area contributed by atoms with Crippen LogP contribution in [0.25, 0.3) is 0 Å². The summed E-state index contributed by atoms with van der Waals surface area (Å²) in [6, 6.07) is 5.21. The van der Waals surface area contributed by atoms with Crippen LogP contribution >= 0.6 is 35.8 Å². The van der Waals surface area contributed by atoms with Crippen molar-refractivity contribution >= 4 is 46.9 Å². The fourth-order valence-electron chi connectivity index (χ4n) is 2.44. The molecule has 0 aliphatic carbocycles. The van der Waals surface area contributed by atoms with Crippen molar-refractivity contribution in [2.45, 2.75) is 18.0 Å². The third kappa shape index (κ3) is 2.81. The molecule has 2 atom stereocenters. The number of carbonyl (C=O) groups is 2. The van der Waals surface area contributed by atoms with Crippen LogP contribution in [0.3, 0.4) is 0 Å². The first kappa shape index (κ1) is 16.3. The first-order valence-electron chi connectivity index (χ1n) is 6.16. The van der Waals surface area contributed by atoms with Crippen LogP contribution in [0.2, 0.25) is 0 Å². The first-order valence-corrected chi connectivity index (χ1v) is 7.58. The molecule has 2 aliphatic rings. The van der Waals surface area contributed by atoms with Gasteiger partial charge in [0.15, 0.2) is 18.9 Å². The predicted molar refractivity (Wildman–Crippen MR) is 82.8 cm³/mol. The van der Waals surface area contributed by atoms with Gasteiger partial charge in [0.05, 0.1) is 0 Å². The normalized spacial score (nSPS) is 24.1. The Balaban J connectivity index is 0.00000161. The summed E-state index contributed by atoms with van der Waals surface area (Å²) in [6.45, 7) is 0.535. The van der Waals surface area contributed by atoms with E-state index < -0.39 is 11.3 Å². The lowest BCUT2D eigenvalue weighted by Crippen LogP contribution is -2.68. The number of pyridine rings is 1. The zero-order valence-corrected chi connectivity index (χ0v) is 13.3. The molecule has 21 heavy (non-hydrogen) atoms. The zero-order valence-electron chi connectivity index (χ0n) is 10.9. The Hall–Kier alpha value is -1.08. The summed E-state index contributed by atoms with van der Waals surface area (Å²) in [4.78, 5) is 25.0. The highest BCUT2D eigenvalue weighted by molar-refractivity contribution is 8.00. The highest BCUT2D eigenvalue weighted by Crippen LogP contribution is 2.40. The highest BCUT2D eigenvalue weighted by Gasteiger charge is 2.51. The zero-order chi connectivity index (χ0) is 14.3. The molecule has 0 radical (unpaired) electrons. The van der Waals surface area contributed by atoms with Crippen LogP contribution in [0.15, 0.2) is 41.9 Å². The SMILES string of the molecule is Cl.NC1C(=O)N2C(C(=O)Cl)=C(C[n+]3ccccc3)CS[C@@H]12. The quantitative estimate of drug-likeness (QED) is 0.496. The van der Waals surface area contributed by atoms with Crippen LogP contribution < -0.4 is 10.3 Å². The Morgan fingerprint density at radius 3 is 2.71 bits per heavy atom. The van der Waals surface area contributed by atoms with Crippen LogP contribution in [0.1, 0.15) is 0 Å². The third-order valence-corrected chi connectivity index (χ3v) is 4.97. The number of halogens is 2. The van der Waals surface area contributed by atoms with E-state index in [4.69, 9.17) is 17.3 Å². The van der Waals surface area contributed by atoms with E-state index in [-0.39, 0.29) is 23.7 Å². The van der Waals surface area contributed by atoms with Gasteiger partial charge >= 0.3 is 0 Å². The van der Waals surface area contributed by atoms with Gasteiger partial charge in [-0.2, -0.15) is 0 Å². The van der Waals surface area contributed by atoms with Crippen molar-refractivity contribution < 1.29 is 14.2 Å². The summed E-state index contributed by atoms with van der Waals surface area (Å²) in [5.41, 5.74) is 6.90. The molecular weight excluding hydrogens is 333 g/mol. The van der Waals surface area contributed by atoms with E-state index in [9.17, 15) is 9.59 Å². The number of rotatable bonds is 3. The lowest BCUT2D eigenvalue weighted by Gasteiger charge is -2.47. The van der Waals surface area contributed by atoms with Crippen molar-refractivity contribution in [2.75, 3.05) is 5.75 Å². The maximum Gasteiger partial charge on any atom is 0.269 e. The van der Waals surface area contributed by atoms with Crippen LogP contribution in [0, 0.1) is 0 Å². The molecule has 0 spiro atoms. The monoisotopic (exact) mass is 346 g/mol. The van der Waals surface area contributed by atoms with Crippen molar-refractivity contribution in [3.05, 3.63) is 41.9 Å². The van der Waals surface area contributed by atoms with Gasteiger partial charge in [-0.1, -0.05) is 6.07 Å². The van der Waals surface area contributed by atoms with E-state index >= 15 is 0 Å². The maximum absolute atomic E-state index is 11.8. The molecule has 0 bridgehead atoms. The standard InChI is InChI=1S/C13H13ClN3O2S.ClH/c14-11(18)10-8(6-16-4-2-1-3-5-16)7-20-13-9(15)12(19)17(10)13;/h1-5,9,13H,6-7,15H2;1H/q+1;/t9?,13-;/m0./s1. The van der Waals surface area contributed by atoms with Gasteiger partial charge < -0.3 is 5.73 Å². The smallest absolute Gasteiger partial charge is 0.269 e. The lowest BCUT2D eigenvalue weighted by atomic mass is 10.0. The number of amides is 1. The number of allylic oxidation sites excluding steroid dienone is 1. The minimum Gasteiger partial charge on any atom is -0.317 e. The molecule has 112 valence electrons. The van der Waals surface area contributed by atoms with E-state index in [1.165, 1.54) is 4.90 Å². The molecule has 1 fully saturated rings. The fraction of sp³-hybridized carbons (Fsp3) is 0.308. The molecule has 0 aromatic carbocycles. The van der Waals surface area contributed by atoms with E-state index in [1.807, 2.05) is 35.2 Å². The Morgan fingerprint density at radius 1 is 1.43 bits per heavy atom. The highest BCUT2D eigenvalue weighted by atomic mass is 35.5. The fourth-order valence-corrected chi connectivity index (χ4v) is 3.95. The van der Waals surface area contributed by atoms with Gasteiger partial charge in [-0.25, -0.2) is 4.57 Å². The number of nitrogens with two attached hydrogens (primary N) is 1. The number of hydrogen-bond acceptors (Lipinski definition) is 4. The summed E-state index contributed by atoms with van der Waals surface area (Å²) in [7, 11) is 0. The molecule has 0 saturated carbocycles. The summed E-state index contributed by atoms with van der Waals surface area (Å²) in [5, 5.41) is -0.758. The number of thioether (sulfide) groups is 1. The number of fused-ring (bicyclic) bond motifs is 1. The molecule has 2 aliphatic heterocycles. The summed E-state index contributed by atoms with van der Waals surface area (Å²) in [6.07, 6.45) is 3.81. The molecular formula is C13H14Cl2N3O2S+. The number of hydrogen-bond donors (Lipinski definition) is 1. The molecule has 1 amide bonds. The Morgan fingerprint density at radius 2 is 2.10 bits per heavy atom. The van der Waals surface area contributed by atoms with E-state index in [2.05, 4.69) is 0 Å². The van der Waals surface area contributed by atoms with Gasteiger partial charge in [0.1, 0.15) is 17.1 Å². The third-order valence-electron chi connectivity index (χ3n) is 3.43. The minimum atomic E-state index is -0.595. The average molecular weight is 347 g/mol. The van der Waals surface area contributed by atoms with E-state index in [0.29, 0.717) is 18.0 Å². The van der Waals surface area contributed by atoms with Crippen LogP contribution in [0.5, 0.6) is 0 Å².